The molecule has 2 saturated heterocycles. The molecule has 2 atom stereocenters. The Morgan fingerprint density at radius 3 is 3.00 bits per heavy atom. The number of hydrogen-bond donors (Lipinski definition) is 2. The Morgan fingerprint density at radius 1 is 1.48 bits per heavy atom. The Balaban J connectivity index is 1.61. The Kier molecular flexibility index (Phi) is 3.71. The van der Waals surface area contributed by atoms with Gasteiger partial charge in [0.05, 0.1) is 6.26 Å². The maximum atomic E-state index is 12.5. The summed E-state index contributed by atoms with van der Waals surface area (Å²) < 4.78 is 5.30. The number of rotatable bonds is 5. The summed E-state index contributed by atoms with van der Waals surface area (Å²) in [6, 6.07) is 3.62. The quantitative estimate of drug-likeness (QED) is 0.808. The second-order valence-electron chi connectivity index (χ2n) is 5.92. The van der Waals surface area contributed by atoms with Crippen LogP contribution < -0.4 is 10.6 Å². The fourth-order valence-electron chi connectivity index (χ4n) is 3.13. The van der Waals surface area contributed by atoms with Crippen molar-refractivity contribution in [3.63, 3.8) is 0 Å². The van der Waals surface area contributed by atoms with Crippen LogP contribution in [0.25, 0.3) is 0 Å². The molecule has 3 heterocycles. The Morgan fingerprint density at radius 2 is 2.33 bits per heavy atom. The second kappa shape index (κ2) is 5.52. The highest BCUT2D eigenvalue weighted by molar-refractivity contribution is 6.06. The average Bonchev–Trinajstić information content (AvgIpc) is 3.17. The summed E-state index contributed by atoms with van der Waals surface area (Å²) >= 11 is 0. The van der Waals surface area contributed by atoms with E-state index in [1.165, 1.54) is 24.0 Å². The molecule has 2 fully saturated rings. The average molecular weight is 291 g/mol. The van der Waals surface area contributed by atoms with E-state index in [2.05, 4.69) is 10.6 Å². The van der Waals surface area contributed by atoms with Crippen molar-refractivity contribution >= 4 is 11.9 Å². The largest absolute Gasteiger partial charge is 0.466 e. The highest BCUT2D eigenvalue weighted by Gasteiger charge is 2.50. The number of carbonyl (C=O) groups excluding carboxylic acids is 2. The minimum Gasteiger partial charge on any atom is -0.466 e. The van der Waals surface area contributed by atoms with E-state index in [0.717, 1.165) is 19.4 Å². The number of nitrogens with zero attached hydrogens (tertiary/aromatic N) is 1. The third-order valence-corrected chi connectivity index (χ3v) is 4.39. The molecule has 1 aromatic heterocycles. The van der Waals surface area contributed by atoms with Crippen LogP contribution in [0.2, 0.25) is 0 Å². The highest BCUT2D eigenvalue weighted by atomic mass is 16.3. The van der Waals surface area contributed by atoms with E-state index in [1.54, 1.807) is 19.1 Å². The fourth-order valence-corrected chi connectivity index (χ4v) is 3.13. The van der Waals surface area contributed by atoms with Crippen LogP contribution in [-0.4, -0.2) is 36.0 Å². The number of carbonyl (C=O) groups is 2. The fraction of sp³-hybridized carbons (Fsp3) is 0.600. The van der Waals surface area contributed by atoms with Crippen molar-refractivity contribution in [2.45, 2.75) is 44.2 Å². The van der Waals surface area contributed by atoms with Gasteiger partial charge in [-0.2, -0.15) is 0 Å². The third-order valence-electron chi connectivity index (χ3n) is 4.39. The van der Waals surface area contributed by atoms with Crippen molar-refractivity contribution in [3.05, 3.63) is 24.2 Å². The minimum atomic E-state index is -1.08. The highest BCUT2D eigenvalue weighted by Crippen LogP contribution is 2.29. The summed E-state index contributed by atoms with van der Waals surface area (Å²) in [5, 5.41) is 6.16. The van der Waals surface area contributed by atoms with Gasteiger partial charge in [0.25, 0.3) is 5.91 Å². The lowest BCUT2D eigenvalue weighted by atomic mass is 9.99. The van der Waals surface area contributed by atoms with Crippen LogP contribution in [0.3, 0.4) is 0 Å². The van der Waals surface area contributed by atoms with Gasteiger partial charge in [-0.1, -0.05) is 0 Å². The molecule has 2 N–H and O–H groups in total. The smallest absolute Gasteiger partial charge is 0.325 e. The first kappa shape index (κ1) is 14.1. The third kappa shape index (κ3) is 2.55. The van der Waals surface area contributed by atoms with E-state index in [-0.39, 0.29) is 11.9 Å². The summed E-state index contributed by atoms with van der Waals surface area (Å²) in [5.74, 6) is 0.239. The number of furan rings is 1. The number of hydrogen-bond acceptors (Lipinski definition) is 4. The van der Waals surface area contributed by atoms with Gasteiger partial charge in [0.15, 0.2) is 5.54 Å². The standard InChI is InChI=1S/C15H21N3O3/c1-15(12-7-4-10-21-12)13(19)18(14(20)17-15)9-3-6-11-5-2-8-16-11/h4,7,10-11,16H,2-3,5-6,8-9H2,1H3,(H,17,20). The first-order valence-corrected chi connectivity index (χ1v) is 7.53. The zero-order chi connectivity index (χ0) is 14.9. The zero-order valence-electron chi connectivity index (χ0n) is 12.2. The van der Waals surface area contributed by atoms with Crippen molar-refractivity contribution < 1.29 is 14.0 Å². The SMILES string of the molecule is CC1(c2ccco2)NC(=O)N(CCCC2CCCN2)C1=O. The molecule has 0 radical (unpaired) electrons. The molecule has 2 unspecified atom stereocenters. The van der Waals surface area contributed by atoms with Crippen LogP contribution in [0, 0.1) is 0 Å². The molecule has 0 bridgehead atoms. The molecule has 0 spiro atoms. The molecule has 2 aliphatic heterocycles. The summed E-state index contributed by atoms with van der Waals surface area (Å²) in [7, 11) is 0. The molecule has 6 nitrogen and oxygen atoms in total. The minimum absolute atomic E-state index is 0.234. The van der Waals surface area contributed by atoms with Crippen molar-refractivity contribution in [2.75, 3.05) is 13.1 Å². The summed E-state index contributed by atoms with van der Waals surface area (Å²) in [6.45, 7) is 3.22. The van der Waals surface area contributed by atoms with Crippen molar-refractivity contribution in [3.8, 4) is 0 Å². The zero-order valence-corrected chi connectivity index (χ0v) is 12.2. The van der Waals surface area contributed by atoms with Crippen LogP contribution in [0.1, 0.15) is 38.4 Å². The summed E-state index contributed by atoms with van der Waals surface area (Å²) in [4.78, 5) is 25.9. The van der Waals surface area contributed by atoms with Gasteiger partial charge in [0, 0.05) is 12.6 Å². The summed E-state index contributed by atoms with van der Waals surface area (Å²) in [6.07, 6.45) is 5.72. The van der Waals surface area contributed by atoms with E-state index in [9.17, 15) is 9.59 Å². The predicted molar refractivity (Wildman–Crippen MR) is 76.6 cm³/mol. The van der Waals surface area contributed by atoms with Gasteiger partial charge in [-0.25, -0.2) is 4.79 Å². The summed E-state index contributed by atoms with van der Waals surface area (Å²) in [5.41, 5.74) is -1.08. The number of nitrogens with one attached hydrogen (secondary N) is 2. The molecule has 0 saturated carbocycles. The molecule has 6 heteroatoms. The molecule has 3 rings (SSSR count). The van der Waals surface area contributed by atoms with Crippen LogP contribution in [0.5, 0.6) is 0 Å². The normalized spacial score (nSPS) is 29.2. The second-order valence-corrected chi connectivity index (χ2v) is 5.92. The molecular formula is C15H21N3O3. The monoisotopic (exact) mass is 291 g/mol. The van der Waals surface area contributed by atoms with Crippen molar-refractivity contribution in [2.24, 2.45) is 0 Å². The lowest BCUT2D eigenvalue weighted by Crippen LogP contribution is -2.40. The number of imide groups is 1. The Labute approximate surface area is 123 Å². The first-order chi connectivity index (χ1) is 10.1. The van der Waals surface area contributed by atoms with E-state index >= 15 is 0 Å². The van der Waals surface area contributed by atoms with Crippen molar-refractivity contribution in [1.82, 2.24) is 15.5 Å². The van der Waals surface area contributed by atoms with E-state index < -0.39 is 5.54 Å². The molecule has 0 aromatic carbocycles. The van der Waals surface area contributed by atoms with Gasteiger partial charge >= 0.3 is 6.03 Å². The predicted octanol–water partition coefficient (Wildman–Crippen LogP) is 1.58. The van der Waals surface area contributed by atoms with Crippen LogP contribution in [0.4, 0.5) is 4.79 Å². The molecule has 21 heavy (non-hydrogen) atoms. The topological polar surface area (TPSA) is 74.6 Å². The van der Waals surface area contributed by atoms with Crippen LogP contribution in [-0.2, 0) is 10.3 Å². The van der Waals surface area contributed by atoms with E-state index in [1.807, 2.05) is 0 Å². The Bertz CT molecular complexity index is 522. The van der Waals surface area contributed by atoms with Crippen LogP contribution >= 0.6 is 0 Å². The van der Waals surface area contributed by atoms with Gasteiger partial charge in [-0.3, -0.25) is 9.69 Å². The van der Waals surface area contributed by atoms with Gasteiger partial charge in [0.1, 0.15) is 5.76 Å². The number of amides is 3. The van der Waals surface area contributed by atoms with Gasteiger partial charge in [0.2, 0.25) is 0 Å². The maximum absolute atomic E-state index is 12.5. The number of urea groups is 1. The lowest BCUT2D eigenvalue weighted by molar-refractivity contribution is -0.131. The molecule has 114 valence electrons. The van der Waals surface area contributed by atoms with Gasteiger partial charge in [-0.05, 0) is 51.3 Å². The molecular weight excluding hydrogens is 270 g/mol. The maximum Gasteiger partial charge on any atom is 0.325 e. The molecule has 3 amide bonds. The van der Waals surface area contributed by atoms with Crippen molar-refractivity contribution in [1.29, 1.82) is 0 Å². The van der Waals surface area contributed by atoms with Gasteiger partial charge in [-0.15, -0.1) is 0 Å². The van der Waals surface area contributed by atoms with Gasteiger partial charge < -0.3 is 15.1 Å². The van der Waals surface area contributed by atoms with Crippen LogP contribution in [0.15, 0.2) is 22.8 Å². The van der Waals surface area contributed by atoms with E-state index in [0.29, 0.717) is 18.3 Å². The lowest BCUT2D eigenvalue weighted by Gasteiger charge is -2.19. The Hall–Kier alpha value is -1.82. The molecule has 0 aliphatic carbocycles. The molecule has 2 aliphatic rings. The molecule has 1 aromatic rings. The van der Waals surface area contributed by atoms with E-state index in [4.69, 9.17) is 4.42 Å². The first-order valence-electron chi connectivity index (χ1n) is 7.53.